The van der Waals surface area contributed by atoms with Crippen LogP contribution in [0.1, 0.15) is 46.9 Å². The molecule has 0 aromatic heterocycles. The van der Waals surface area contributed by atoms with Crippen molar-refractivity contribution in [3.05, 3.63) is 127 Å². The minimum Gasteiger partial charge on any atom is -0.504 e. The fourth-order valence-corrected chi connectivity index (χ4v) is 4.70. The number of hydrogen-bond donors (Lipinski definition) is 4. The van der Waals surface area contributed by atoms with Gasteiger partial charge in [-0.05, 0) is 34.4 Å². The second kappa shape index (κ2) is 11.5. The zero-order chi connectivity index (χ0) is 29.0. The summed E-state index contributed by atoms with van der Waals surface area (Å²) in [5.74, 6) is -4.98. The smallest absolute Gasteiger partial charge is 0.314 e. The Kier molecular flexibility index (Phi) is 7.94. The first-order chi connectivity index (χ1) is 19.1. The van der Waals surface area contributed by atoms with Crippen LogP contribution in [0, 0.1) is 20.2 Å². The van der Waals surface area contributed by atoms with Crippen LogP contribution in [0.3, 0.4) is 0 Å². The SMILES string of the molecule is O=C(CC(c1ccccc1)c1cc(O)c(O)c([N+](=O)[O-])c1)CC(c1ccccc1)c1cc(O)c(O)c([N+](=O)[O-])c1. The van der Waals surface area contributed by atoms with Gasteiger partial charge < -0.3 is 20.4 Å². The normalized spacial score (nSPS) is 12.4. The van der Waals surface area contributed by atoms with Gasteiger partial charge in [0.25, 0.3) is 0 Å². The third kappa shape index (κ3) is 5.83. The number of carbonyl (C=O) groups excluding carboxylic acids is 1. The molecule has 40 heavy (non-hydrogen) atoms. The zero-order valence-corrected chi connectivity index (χ0v) is 20.9. The summed E-state index contributed by atoms with van der Waals surface area (Å²) in [4.78, 5) is 34.9. The number of phenols is 4. The highest BCUT2D eigenvalue weighted by Gasteiger charge is 2.29. The van der Waals surface area contributed by atoms with E-state index in [1.165, 1.54) is 12.1 Å². The summed E-state index contributed by atoms with van der Waals surface area (Å²) in [7, 11) is 0. The lowest BCUT2D eigenvalue weighted by Crippen LogP contribution is -2.14. The van der Waals surface area contributed by atoms with Gasteiger partial charge in [-0.15, -0.1) is 0 Å². The van der Waals surface area contributed by atoms with Gasteiger partial charge in [-0.3, -0.25) is 25.0 Å². The predicted molar refractivity (Wildman–Crippen MR) is 144 cm³/mol. The fourth-order valence-electron chi connectivity index (χ4n) is 4.70. The van der Waals surface area contributed by atoms with Crippen molar-refractivity contribution in [1.82, 2.24) is 0 Å². The van der Waals surface area contributed by atoms with Crippen LogP contribution in [0.4, 0.5) is 11.4 Å². The van der Waals surface area contributed by atoms with Crippen LogP contribution >= 0.6 is 0 Å². The maximum atomic E-state index is 13.6. The molecule has 4 rings (SSSR count). The maximum Gasteiger partial charge on any atom is 0.314 e. The summed E-state index contributed by atoms with van der Waals surface area (Å²) in [6.07, 6.45) is -0.332. The molecule has 0 heterocycles. The fraction of sp³-hybridized carbons (Fsp3) is 0.138. The quantitative estimate of drug-likeness (QED) is 0.111. The number of Topliss-reactive ketones (excluding diaryl/α,β-unsaturated/α-hetero) is 1. The molecule has 0 aliphatic carbocycles. The Balaban J connectivity index is 1.75. The summed E-state index contributed by atoms with van der Waals surface area (Å²) in [6.45, 7) is 0. The van der Waals surface area contributed by atoms with Crippen LogP contribution < -0.4 is 0 Å². The summed E-state index contributed by atoms with van der Waals surface area (Å²) < 4.78 is 0. The average Bonchev–Trinajstić information content (AvgIpc) is 2.94. The minimum atomic E-state index is -0.884. The number of rotatable bonds is 10. The van der Waals surface area contributed by atoms with Crippen molar-refractivity contribution < 1.29 is 35.1 Å². The van der Waals surface area contributed by atoms with Gasteiger partial charge in [0.2, 0.25) is 11.5 Å². The van der Waals surface area contributed by atoms with E-state index in [1.807, 2.05) is 0 Å². The number of nitrogens with zero attached hydrogens (tertiary/aromatic N) is 2. The molecule has 11 heteroatoms. The van der Waals surface area contributed by atoms with Gasteiger partial charge in [0.15, 0.2) is 11.5 Å². The number of nitro groups is 2. The lowest BCUT2D eigenvalue weighted by Gasteiger charge is -2.21. The molecule has 4 N–H and O–H groups in total. The molecule has 11 nitrogen and oxygen atoms in total. The van der Waals surface area contributed by atoms with E-state index in [1.54, 1.807) is 60.7 Å². The van der Waals surface area contributed by atoms with Crippen molar-refractivity contribution in [1.29, 1.82) is 0 Å². The lowest BCUT2D eigenvalue weighted by atomic mass is 9.81. The number of phenolic OH excluding ortho intramolecular Hbond substituents is 4. The van der Waals surface area contributed by atoms with Crippen LogP contribution in [0.25, 0.3) is 0 Å². The van der Waals surface area contributed by atoms with Crippen LogP contribution in [0.2, 0.25) is 0 Å². The van der Waals surface area contributed by atoms with Gasteiger partial charge >= 0.3 is 11.4 Å². The Hall–Kier alpha value is -5.45. The third-order valence-corrected chi connectivity index (χ3v) is 6.65. The standard InChI is InChI=1S/C29H24N2O9/c32-21(15-22(17-7-3-1-4-8-17)19-11-24(30(37)38)28(35)26(33)13-19)16-23(18-9-5-2-6-10-18)20-12-25(31(39)40)29(36)27(34)14-20/h1-14,22-23,33-36H,15-16H2. The van der Waals surface area contributed by atoms with Crippen molar-refractivity contribution in [3.8, 4) is 23.0 Å². The molecule has 2 unspecified atom stereocenters. The van der Waals surface area contributed by atoms with Crippen LogP contribution in [-0.4, -0.2) is 36.1 Å². The first-order valence-corrected chi connectivity index (χ1v) is 12.1. The van der Waals surface area contributed by atoms with Crippen molar-refractivity contribution in [3.63, 3.8) is 0 Å². The van der Waals surface area contributed by atoms with E-state index in [0.29, 0.717) is 11.1 Å². The molecular formula is C29H24N2O9. The van der Waals surface area contributed by atoms with Crippen LogP contribution in [0.5, 0.6) is 23.0 Å². The Morgan fingerprint density at radius 3 is 1.27 bits per heavy atom. The summed E-state index contributed by atoms with van der Waals surface area (Å²) in [5, 5.41) is 63.2. The van der Waals surface area contributed by atoms with E-state index in [-0.39, 0.29) is 29.8 Å². The molecule has 0 aliphatic rings. The van der Waals surface area contributed by atoms with Gasteiger partial charge in [0.05, 0.1) is 9.85 Å². The largest absolute Gasteiger partial charge is 0.504 e. The van der Waals surface area contributed by atoms with Crippen molar-refractivity contribution in [2.45, 2.75) is 24.7 Å². The van der Waals surface area contributed by atoms with Gasteiger partial charge in [-0.25, -0.2) is 0 Å². The van der Waals surface area contributed by atoms with E-state index < -0.39 is 56.1 Å². The molecule has 0 spiro atoms. The molecule has 2 atom stereocenters. The van der Waals surface area contributed by atoms with E-state index in [0.717, 1.165) is 12.1 Å². The summed E-state index contributed by atoms with van der Waals surface area (Å²) >= 11 is 0. The van der Waals surface area contributed by atoms with Gasteiger partial charge in [-0.1, -0.05) is 60.7 Å². The average molecular weight is 545 g/mol. The first kappa shape index (κ1) is 27.6. The molecule has 0 saturated heterocycles. The summed E-state index contributed by atoms with van der Waals surface area (Å²) in [5.41, 5.74) is 0.301. The highest BCUT2D eigenvalue weighted by molar-refractivity contribution is 5.82. The maximum absolute atomic E-state index is 13.6. The second-order valence-electron chi connectivity index (χ2n) is 9.20. The number of nitro benzene ring substituents is 2. The van der Waals surface area contributed by atoms with E-state index in [4.69, 9.17) is 0 Å². The Morgan fingerprint density at radius 2 is 0.950 bits per heavy atom. The molecule has 204 valence electrons. The topological polar surface area (TPSA) is 184 Å². The molecule has 0 amide bonds. The minimum absolute atomic E-state index is 0.166. The number of benzene rings is 4. The Morgan fingerprint density at radius 1 is 0.600 bits per heavy atom. The van der Waals surface area contributed by atoms with E-state index in [9.17, 15) is 45.4 Å². The predicted octanol–water partition coefficient (Wildman–Crippen LogP) is 5.64. The highest BCUT2D eigenvalue weighted by atomic mass is 16.6. The molecular weight excluding hydrogens is 520 g/mol. The molecule has 0 aliphatic heterocycles. The molecule has 0 bridgehead atoms. The van der Waals surface area contributed by atoms with E-state index in [2.05, 4.69) is 0 Å². The lowest BCUT2D eigenvalue weighted by molar-refractivity contribution is -0.386. The molecule has 4 aromatic carbocycles. The Bertz CT molecular complexity index is 1460. The monoisotopic (exact) mass is 544 g/mol. The number of carbonyl (C=O) groups is 1. The first-order valence-electron chi connectivity index (χ1n) is 12.1. The third-order valence-electron chi connectivity index (χ3n) is 6.65. The number of hydrogen-bond acceptors (Lipinski definition) is 9. The van der Waals surface area contributed by atoms with Crippen LogP contribution in [-0.2, 0) is 4.79 Å². The number of aromatic hydroxyl groups is 4. The second-order valence-corrected chi connectivity index (χ2v) is 9.20. The summed E-state index contributed by atoms with van der Waals surface area (Å²) in [6, 6.07) is 21.9. The zero-order valence-electron chi connectivity index (χ0n) is 20.9. The van der Waals surface area contributed by atoms with Gasteiger partial charge in [-0.2, -0.15) is 0 Å². The van der Waals surface area contributed by atoms with Crippen molar-refractivity contribution in [2.75, 3.05) is 0 Å². The van der Waals surface area contributed by atoms with E-state index >= 15 is 0 Å². The highest BCUT2D eigenvalue weighted by Crippen LogP contribution is 2.43. The van der Waals surface area contributed by atoms with Crippen molar-refractivity contribution in [2.24, 2.45) is 0 Å². The molecule has 4 aromatic rings. The molecule has 0 saturated carbocycles. The van der Waals surface area contributed by atoms with Crippen LogP contribution in [0.15, 0.2) is 84.9 Å². The molecule has 0 radical (unpaired) electrons. The molecule has 0 fully saturated rings. The Labute approximate surface area is 227 Å². The van der Waals surface area contributed by atoms with Crippen molar-refractivity contribution >= 4 is 17.2 Å². The number of ketones is 1. The van der Waals surface area contributed by atoms with Gasteiger partial charge in [0, 0.05) is 36.8 Å². The van der Waals surface area contributed by atoms with Gasteiger partial charge in [0.1, 0.15) is 5.78 Å².